The van der Waals surface area contributed by atoms with E-state index >= 15 is 0 Å². The summed E-state index contributed by atoms with van der Waals surface area (Å²) in [6.07, 6.45) is 2.36. The molecule has 0 spiro atoms. The van der Waals surface area contributed by atoms with Crippen LogP contribution >= 0.6 is 0 Å². The van der Waals surface area contributed by atoms with Gasteiger partial charge in [0.2, 0.25) is 0 Å². The highest BCUT2D eigenvalue weighted by Crippen LogP contribution is 2.25. The first-order chi connectivity index (χ1) is 8.72. The monoisotopic (exact) mass is 260 g/mol. The van der Waals surface area contributed by atoms with E-state index < -0.39 is 0 Å². The molecule has 2 N–H and O–H groups in total. The molecule has 0 saturated heterocycles. The van der Waals surface area contributed by atoms with E-state index in [1.807, 2.05) is 0 Å². The largest absolute Gasteiger partial charge is 0.382 e. The number of ether oxygens (including phenoxy) is 3. The molecular weight excluding hydrogens is 232 g/mol. The third kappa shape index (κ3) is 7.28. The molecule has 0 aromatic carbocycles. The molecule has 1 saturated carbocycles. The molecule has 1 aliphatic rings. The van der Waals surface area contributed by atoms with Crippen molar-refractivity contribution in [3.05, 3.63) is 0 Å². The predicted molar refractivity (Wildman–Crippen MR) is 71.7 cm³/mol. The van der Waals surface area contributed by atoms with Gasteiger partial charge in [-0.15, -0.1) is 0 Å². The third-order valence-corrected chi connectivity index (χ3v) is 3.26. The van der Waals surface area contributed by atoms with E-state index in [0.29, 0.717) is 32.5 Å². The molecule has 5 nitrogen and oxygen atoms in total. The molecule has 108 valence electrons. The van der Waals surface area contributed by atoms with Crippen LogP contribution in [0.3, 0.4) is 0 Å². The van der Waals surface area contributed by atoms with Crippen LogP contribution < -0.4 is 5.73 Å². The van der Waals surface area contributed by atoms with Crippen LogP contribution in [-0.4, -0.2) is 71.2 Å². The molecule has 1 fully saturated rings. The smallest absolute Gasteiger partial charge is 0.0701 e. The summed E-state index contributed by atoms with van der Waals surface area (Å²) in [5.41, 5.74) is 5.77. The predicted octanol–water partition coefficient (Wildman–Crippen LogP) is 0.335. The van der Waals surface area contributed by atoms with Crippen LogP contribution in [0, 0.1) is 5.92 Å². The Morgan fingerprint density at radius 3 is 2.28 bits per heavy atom. The van der Waals surface area contributed by atoms with E-state index in [4.69, 9.17) is 19.9 Å². The molecule has 18 heavy (non-hydrogen) atoms. The fraction of sp³-hybridized carbons (Fsp3) is 1.00. The standard InChI is InChI=1S/C13H28N2O3/c1-15(11-12-9-13(14)10-12)3-4-17-7-8-18-6-5-16-2/h12-13H,3-11,14H2,1-2H3. The summed E-state index contributed by atoms with van der Waals surface area (Å²) in [5, 5.41) is 0. The van der Waals surface area contributed by atoms with E-state index in [9.17, 15) is 0 Å². The van der Waals surface area contributed by atoms with Crippen molar-refractivity contribution in [1.29, 1.82) is 0 Å². The van der Waals surface area contributed by atoms with Gasteiger partial charge in [-0.25, -0.2) is 0 Å². The van der Waals surface area contributed by atoms with Crippen LogP contribution in [0.25, 0.3) is 0 Å². The minimum Gasteiger partial charge on any atom is -0.382 e. The Morgan fingerprint density at radius 2 is 1.67 bits per heavy atom. The molecule has 1 aliphatic carbocycles. The maximum Gasteiger partial charge on any atom is 0.0701 e. The van der Waals surface area contributed by atoms with Gasteiger partial charge in [-0.1, -0.05) is 0 Å². The van der Waals surface area contributed by atoms with Crippen molar-refractivity contribution in [3.8, 4) is 0 Å². The molecule has 1 rings (SSSR count). The molecule has 0 heterocycles. The molecule has 0 aromatic heterocycles. The Kier molecular flexibility index (Phi) is 8.54. The number of hydrogen-bond acceptors (Lipinski definition) is 5. The lowest BCUT2D eigenvalue weighted by Gasteiger charge is -2.35. The molecule has 0 aromatic rings. The number of likely N-dealkylation sites (N-methyl/N-ethyl adjacent to an activating group) is 1. The van der Waals surface area contributed by atoms with Crippen LogP contribution in [0.2, 0.25) is 0 Å². The van der Waals surface area contributed by atoms with Gasteiger partial charge in [0, 0.05) is 26.2 Å². The van der Waals surface area contributed by atoms with E-state index in [2.05, 4.69) is 11.9 Å². The molecule has 5 heteroatoms. The second kappa shape index (κ2) is 9.69. The van der Waals surface area contributed by atoms with Gasteiger partial charge in [-0.3, -0.25) is 0 Å². The third-order valence-electron chi connectivity index (χ3n) is 3.26. The average Bonchev–Trinajstić information content (AvgIpc) is 2.30. The van der Waals surface area contributed by atoms with E-state index in [-0.39, 0.29) is 0 Å². The summed E-state index contributed by atoms with van der Waals surface area (Å²) in [6, 6.07) is 0.448. The van der Waals surface area contributed by atoms with Crippen molar-refractivity contribution < 1.29 is 14.2 Å². The molecule has 0 bridgehead atoms. The van der Waals surface area contributed by atoms with Crippen molar-refractivity contribution in [2.75, 3.05) is 60.3 Å². The lowest BCUT2D eigenvalue weighted by molar-refractivity contribution is 0.0193. The van der Waals surface area contributed by atoms with Gasteiger partial charge in [0.1, 0.15) is 0 Å². The minimum absolute atomic E-state index is 0.448. The molecule has 0 unspecified atom stereocenters. The molecule has 0 atom stereocenters. The summed E-state index contributed by atoms with van der Waals surface area (Å²) in [5.74, 6) is 0.794. The Morgan fingerprint density at radius 1 is 1.06 bits per heavy atom. The van der Waals surface area contributed by atoms with E-state index in [0.717, 1.165) is 25.6 Å². The topological polar surface area (TPSA) is 57.0 Å². The molecular formula is C13H28N2O3. The Balaban J connectivity index is 1.79. The number of nitrogens with zero attached hydrogens (tertiary/aromatic N) is 1. The van der Waals surface area contributed by atoms with Gasteiger partial charge in [0.25, 0.3) is 0 Å². The fourth-order valence-electron chi connectivity index (χ4n) is 2.15. The van der Waals surface area contributed by atoms with E-state index in [1.54, 1.807) is 7.11 Å². The SMILES string of the molecule is COCCOCCOCCN(C)CC1CC(N)C1. The first kappa shape index (κ1) is 15.9. The van der Waals surface area contributed by atoms with Crippen molar-refractivity contribution in [3.63, 3.8) is 0 Å². The number of methoxy groups -OCH3 is 1. The van der Waals surface area contributed by atoms with Crippen LogP contribution in [-0.2, 0) is 14.2 Å². The van der Waals surface area contributed by atoms with Crippen LogP contribution in [0.4, 0.5) is 0 Å². The van der Waals surface area contributed by atoms with Crippen molar-refractivity contribution in [1.82, 2.24) is 4.90 Å². The highest BCUT2D eigenvalue weighted by Gasteiger charge is 2.26. The summed E-state index contributed by atoms with van der Waals surface area (Å²) >= 11 is 0. The molecule has 0 aliphatic heterocycles. The highest BCUT2D eigenvalue weighted by atomic mass is 16.5. The fourth-order valence-corrected chi connectivity index (χ4v) is 2.15. The summed E-state index contributed by atoms with van der Waals surface area (Å²) < 4.78 is 15.7. The minimum atomic E-state index is 0.448. The first-order valence-electron chi connectivity index (χ1n) is 6.81. The number of rotatable bonds is 11. The van der Waals surface area contributed by atoms with Gasteiger partial charge < -0.3 is 24.8 Å². The molecule has 0 radical (unpaired) electrons. The maximum atomic E-state index is 5.77. The summed E-state index contributed by atoms with van der Waals surface area (Å²) in [4.78, 5) is 2.32. The summed E-state index contributed by atoms with van der Waals surface area (Å²) in [6.45, 7) is 5.47. The second-order valence-corrected chi connectivity index (χ2v) is 5.08. The number of hydrogen-bond donors (Lipinski definition) is 1. The maximum absolute atomic E-state index is 5.77. The Bertz CT molecular complexity index is 199. The van der Waals surface area contributed by atoms with Crippen LogP contribution in [0.1, 0.15) is 12.8 Å². The quantitative estimate of drug-likeness (QED) is 0.543. The van der Waals surface area contributed by atoms with Crippen LogP contribution in [0.15, 0.2) is 0 Å². The lowest BCUT2D eigenvalue weighted by atomic mass is 9.81. The first-order valence-corrected chi connectivity index (χ1v) is 6.81. The highest BCUT2D eigenvalue weighted by molar-refractivity contribution is 4.83. The van der Waals surface area contributed by atoms with Gasteiger partial charge in [0.05, 0.1) is 33.0 Å². The normalized spacial score (nSPS) is 23.3. The number of nitrogens with two attached hydrogens (primary N) is 1. The van der Waals surface area contributed by atoms with Gasteiger partial charge in [-0.05, 0) is 25.8 Å². The summed E-state index contributed by atoms with van der Waals surface area (Å²) in [7, 11) is 3.81. The van der Waals surface area contributed by atoms with Crippen molar-refractivity contribution in [2.45, 2.75) is 18.9 Å². The van der Waals surface area contributed by atoms with Crippen molar-refractivity contribution >= 4 is 0 Å². The average molecular weight is 260 g/mol. The lowest BCUT2D eigenvalue weighted by Crippen LogP contribution is -2.42. The van der Waals surface area contributed by atoms with Crippen LogP contribution in [0.5, 0.6) is 0 Å². The van der Waals surface area contributed by atoms with Crippen molar-refractivity contribution in [2.24, 2.45) is 11.7 Å². The van der Waals surface area contributed by atoms with E-state index in [1.165, 1.54) is 12.8 Å². The van der Waals surface area contributed by atoms with Gasteiger partial charge >= 0.3 is 0 Å². The zero-order chi connectivity index (χ0) is 13.2. The zero-order valence-electron chi connectivity index (χ0n) is 11.8. The zero-order valence-corrected chi connectivity index (χ0v) is 11.8. The molecule has 0 amide bonds. The second-order valence-electron chi connectivity index (χ2n) is 5.08. The van der Waals surface area contributed by atoms with Gasteiger partial charge in [-0.2, -0.15) is 0 Å². The Labute approximate surface area is 111 Å². The van der Waals surface area contributed by atoms with Gasteiger partial charge in [0.15, 0.2) is 0 Å². The Hall–Kier alpha value is -0.200.